The van der Waals surface area contributed by atoms with Crippen LogP contribution < -0.4 is 11.1 Å². The van der Waals surface area contributed by atoms with Crippen LogP contribution >= 0.6 is 0 Å². The van der Waals surface area contributed by atoms with Crippen molar-refractivity contribution in [3.63, 3.8) is 0 Å². The zero-order chi connectivity index (χ0) is 10.8. The van der Waals surface area contributed by atoms with Gasteiger partial charge in [-0.2, -0.15) is 13.2 Å². The van der Waals surface area contributed by atoms with Gasteiger partial charge in [-0.25, -0.2) is 0 Å². The van der Waals surface area contributed by atoms with Gasteiger partial charge in [0.25, 0.3) is 0 Å². The molecule has 1 aliphatic heterocycles. The quantitative estimate of drug-likeness (QED) is 0.712. The molecule has 0 spiro atoms. The summed E-state index contributed by atoms with van der Waals surface area (Å²) < 4.78 is 36.1. The number of hydrogen-bond acceptors (Lipinski definition) is 2. The van der Waals surface area contributed by atoms with Gasteiger partial charge in [-0.1, -0.05) is 6.08 Å². The summed E-state index contributed by atoms with van der Waals surface area (Å²) >= 11 is 0. The first-order valence-electron chi connectivity index (χ1n) is 3.90. The Morgan fingerprint density at radius 3 is 2.71 bits per heavy atom. The Hall–Kier alpha value is -1.46. The maximum Gasteiger partial charge on any atom is 0.394 e. The number of amides is 1. The Bertz CT molecular complexity index is 304. The highest BCUT2D eigenvalue weighted by Crippen LogP contribution is 2.27. The van der Waals surface area contributed by atoms with Crippen molar-refractivity contribution < 1.29 is 18.0 Å². The number of allylic oxidation sites excluding steroid dienone is 2. The monoisotopic (exact) mass is 206 g/mol. The van der Waals surface area contributed by atoms with Gasteiger partial charge in [-0.3, -0.25) is 4.79 Å². The average Bonchev–Trinajstić information content (AvgIpc) is 2.01. The first-order valence-corrected chi connectivity index (χ1v) is 3.90. The fourth-order valence-corrected chi connectivity index (χ4v) is 1.15. The van der Waals surface area contributed by atoms with Crippen molar-refractivity contribution in [3.05, 3.63) is 23.5 Å². The molecule has 0 saturated heterocycles. The molecule has 1 rings (SSSR count). The Balaban J connectivity index is 2.85. The molecule has 3 nitrogen and oxygen atoms in total. The van der Waals surface area contributed by atoms with Crippen molar-refractivity contribution in [2.24, 2.45) is 5.73 Å². The average molecular weight is 206 g/mol. The molecule has 0 aliphatic carbocycles. The third kappa shape index (κ3) is 2.79. The molecule has 0 aromatic carbocycles. The molecule has 3 N–H and O–H groups in total. The molecule has 0 unspecified atom stereocenters. The van der Waals surface area contributed by atoms with E-state index in [0.717, 1.165) is 0 Å². The lowest BCUT2D eigenvalue weighted by Gasteiger charge is -2.17. The van der Waals surface area contributed by atoms with Gasteiger partial charge in [0.2, 0.25) is 5.91 Å². The van der Waals surface area contributed by atoms with Gasteiger partial charge in [-0.15, -0.1) is 0 Å². The van der Waals surface area contributed by atoms with Crippen LogP contribution in [-0.4, -0.2) is 12.1 Å². The van der Waals surface area contributed by atoms with E-state index >= 15 is 0 Å². The van der Waals surface area contributed by atoms with Crippen LogP contribution in [0.15, 0.2) is 23.5 Å². The first-order chi connectivity index (χ1) is 6.40. The molecule has 14 heavy (non-hydrogen) atoms. The van der Waals surface area contributed by atoms with Crippen LogP contribution in [0.4, 0.5) is 13.2 Å². The number of dihydropyridines is 1. The smallest absolute Gasteiger partial charge is 0.366 e. The summed E-state index contributed by atoms with van der Waals surface area (Å²) in [4.78, 5) is 10.8. The van der Waals surface area contributed by atoms with E-state index in [-0.39, 0.29) is 17.7 Å². The lowest BCUT2D eigenvalue weighted by atomic mass is 10.0. The van der Waals surface area contributed by atoms with Gasteiger partial charge in [-0.05, 0) is 12.6 Å². The lowest BCUT2D eigenvalue weighted by Crippen LogP contribution is -2.25. The van der Waals surface area contributed by atoms with Crippen molar-refractivity contribution in [2.45, 2.75) is 19.0 Å². The van der Waals surface area contributed by atoms with E-state index < -0.39 is 18.5 Å². The molecule has 1 aliphatic rings. The molecule has 0 saturated carbocycles. The number of hydrogen-bond donors (Lipinski definition) is 2. The summed E-state index contributed by atoms with van der Waals surface area (Å²) in [5.41, 5.74) is 4.77. The Morgan fingerprint density at radius 1 is 1.57 bits per heavy atom. The fraction of sp³-hybridized carbons (Fsp3) is 0.375. The van der Waals surface area contributed by atoms with E-state index in [9.17, 15) is 18.0 Å². The molecular formula is C8H9F3N2O. The number of carbonyl (C=O) groups excluding carboxylic acids is 1. The summed E-state index contributed by atoms with van der Waals surface area (Å²) in [6.07, 6.45) is -2.44. The van der Waals surface area contributed by atoms with Crippen LogP contribution in [0.2, 0.25) is 0 Å². The van der Waals surface area contributed by atoms with E-state index in [4.69, 9.17) is 5.73 Å². The normalized spacial score (nSPS) is 16.8. The van der Waals surface area contributed by atoms with Crippen molar-refractivity contribution in [2.75, 3.05) is 0 Å². The first kappa shape index (κ1) is 10.6. The predicted molar refractivity (Wildman–Crippen MR) is 43.8 cm³/mol. The second-order valence-electron chi connectivity index (χ2n) is 2.86. The minimum absolute atomic E-state index is 0.00942. The van der Waals surface area contributed by atoms with E-state index in [2.05, 4.69) is 5.32 Å². The van der Waals surface area contributed by atoms with Gasteiger partial charge in [0.1, 0.15) is 0 Å². The summed E-state index contributed by atoms with van der Waals surface area (Å²) in [6, 6.07) is 0. The van der Waals surface area contributed by atoms with Crippen molar-refractivity contribution >= 4 is 5.91 Å². The number of carbonyl (C=O) groups is 1. The summed E-state index contributed by atoms with van der Waals surface area (Å²) in [7, 11) is 0. The highest BCUT2D eigenvalue weighted by atomic mass is 19.4. The number of alkyl halides is 3. The number of nitrogens with two attached hydrogens (primary N) is 1. The third-order valence-electron chi connectivity index (χ3n) is 1.74. The van der Waals surface area contributed by atoms with Gasteiger partial charge < -0.3 is 11.1 Å². The second-order valence-corrected chi connectivity index (χ2v) is 2.86. The third-order valence-corrected chi connectivity index (χ3v) is 1.74. The van der Waals surface area contributed by atoms with Gasteiger partial charge >= 0.3 is 6.18 Å². The van der Waals surface area contributed by atoms with Gasteiger partial charge in [0, 0.05) is 11.3 Å². The van der Waals surface area contributed by atoms with Crippen LogP contribution in [0.1, 0.15) is 12.8 Å². The molecular weight excluding hydrogens is 197 g/mol. The Labute approximate surface area is 78.5 Å². The number of nitrogens with one attached hydrogen (secondary N) is 1. The SMILES string of the molecule is NC(=O)C1=C(CC(F)(F)F)NC=CC1. The molecule has 0 aromatic rings. The van der Waals surface area contributed by atoms with Crippen LogP contribution in [-0.2, 0) is 4.79 Å². The Morgan fingerprint density at radius 2 is 2.21 bits per heavy atom. The molecule has 0 aromatic heterocycles. The molecule has 78 valence electrons. The van der Waals surface area contributed by atoms with Crippen LogP contribution in [0, 0.1) is 0 Å². The molecule has 6 heteroatoms. The van der Waals surface area contributed by atoms with E-state index in [0.29, 0.717) is 0 Å². The highest BCUT2D eigenvalue weighted by Gasteiger charge is 2.31. The molecule has 0 atom stereocenters. The molecule has 0 fully saturated rings. The minimum atomic E-state index is -4.34. The van der Waals surface area contributed by atoms with Crippen molar-refractivity contribution in [1.29, 1.82) is 0 Å². The van der Waals surface area contributed by atoms with Gasteiger partial charge in [0.05, 0.1) is 6.42 Å². The number of primary amides is 1. The molecule has 0 radical (unpaired) electrons. The maximum absolute atomic E-state index is 12.0. The number of rotatable bonds is 2. The van der Waals surface area contributed by atoms with E-state index in [1.807, 2.05) is 0 Å². The van der Waals surface area contributed by atoms with Crippen molar-refractivity contribution in [3.8, 4) is 0 Å². The largest absolute Gasteiger partial charge is 0.394 e. The van der Waals surface area contributed by atoms with Crippen LogP contribution in [0.3, 0.4) is 0 Å². The highest BCUT2D eigenvalue weighted by molar-refractivity contribution is 5.93. The summed E-state index contributed by atoms with van der Waals surface area (Å²) in [5.74, 6) is -0.818. The standard InChI is InChI=1S/C8H9F3N2O/c9-8(10,11)4-6-5(7(12)14)2-1-3-13-6/h1,3,13H,2,4H2,(H2,12,14). The van der Waals surface area contributed by atoms with E-state index in [1.54, 1.807) is 6.08 Å². The van der Waals surface area contributed by atoms with Crippen molar-refractivity contribution in [1.82, 2.24) is 5.32 Å². The lowest BCUT2D eigenvalue weighted by molar-refractivity contribution is -0.128. The fourth-order valence-electron chi connectivity index (χ4n) is 1.15. The summed E-state index contributed by atoms with van der Waals surface area (Å²) in [5, 5.41) is 2.39. The zero-order valence-electron chi connectivity index (χ0n) is 7.19. The maximum atomic E-state index is 12.0. The number of halogens is 3. The minimum Gasteiger partial charge on any atom is -0.366 e. The van der Waals surface area contributed by atoms with Crippen LogP contribution in [0.25, 0.3) is 0 Å². The van der Waals surface area contributed by atoms with Gasteiger partial charge in [0.15, 0.2) is 0 Å². The topological polar surface area (TPSA) is 55.1 Å². The predicted octanol–water partition coefficient (Wildman–Crippen LogP) is 1.19. The van der Waals surface area contributed by atoms with Crippen LogP contribution in [0.5, 0.6) is 0 Å². The Kier molecular flexibility index (Phi) is 2.83. The molecule has 0 bridgehead atoms. The molecule has 1 heterocycles. The molecule has 1 amide bonds. The van der Waals surface area contributed by atoms with E-state index in [1.165, 1.54) is 6.20 Å². The second kappa shape index (κ2) is 3.73. The zero-order valence-corrected chi connectivity index (χ0v) is 7.19. The summed E-state index contributed by atoms with van der Waals surface area (Å²) in [6.45, 7) is 0.